The normalized spacial score (nSPS) is 18.8. The Labute approximate surface area is 95.5 Å². The molecule has 6 heteroatoms. The van der Waals surface area contributed by atoms with Crippen LogP contribution in [-0.4, -0.2) is 45.9 Å². The van der Waals surface area contributed by atoms with Crippen LogP contribution in [-0.2, 0) is 14.6 Å². The van der Waals surface area contributed by atoms with Crippen LogP contribution < -0.4 is 0 Å². The Morgan fingerprint density at radius 2 is 2.06 bits per heavy atom. The van der Waals surface area contributed by atoms with Gasteiger partial charge < -0.3 is 9.64 Å². The van der Waals surface area contributed by atoms with Gasteiger partial charge in [-0.15, -0.1) is 0 Å². The third kappa shape index (κ3) is 4.04. The quantitative estimate of drug-likeness (QED) is 0.525. The van der Waals surface area contributed by atoms with Crippen LogP contribution in [0.15, 0.2) is 23.3 Å². The molecule has 1 aliphatic rings. The van der Waals surface area contributed by atoms with Crippen LogP contribution in [0, 0.1) is 11.3 Å². The summed E-state index contributed by atoms with van der Waals surface area (Å²) < 4.78 is 27.3. The standard InChI is InChI=1S/C10H14N2O3S/c1-16(13,14)10(9-11)3-2-4-12-5-7-15-8-6-12/h2-4H,5-8H2,1H3/b4-2+,10-3-. The topological polar surface area (TPSA) is 70.4 Å². The van der Waals surface area contributed by atoms with Crippen LogP contribution in [0.5, 0.6) is 0 Å². The van der Waals surface area contributed by atoms with Gasteiger partial charge in [-0.3, -0.25) is 0 Å². The maximum Gasteiger partial charge on any atom is 0.185 e. The van der Waals surface area contributed by atoms with E-state index in [1.54, 1.807) is 18.3 Å². The zero-order valence-electron chi connectivity index (χ0n) is 9.09. The van der Waals surface area contributed by atoms with Crippen molar-refractivity contribution in [1.82, 2.24) is 4.90 Å². The predicted octanol–water partition coefficient (Wildman–Crippen LogP) is 0.284. The SMILES string of the molecule is CS(=O)(=O)/C(C#N)=C\C=C\N1CCOCC1. The lowest BCUT2D eigenvalue weighted by Gasteiger charge is -2.24. The molecule has 88 valence electrons. The summed E-state index contributed by atoms with van der Waals surface area (Å²) in [7, 11) is -3.41. The van der Waals surface area contributed by atoms with Crippen LogP contribution in [0.3, 0.4) is 0 Å². The molecule has 1 aliphatic heterocycles. The molecule has 5 nitrogen and oxygen atoms in total. The van der Waals surface area contributed by atoms with Crippen molar-refractivity contribution >= 4 is 9.84 Å². The lowest BCUT2D eigenvalue weighted by Crippen LogP contribution is -2.31. The van der Waals surface area contributed by atoms with Crippen LogP contribution >= 0.6 is 0 Å². The summed E-state index contributed by atoms with van der Waals surface area (Å²) in [5.74, 6) is 0. The summed E-state index contributed by atoms with van der Waals surface area (Å²) in [5, 5.41) is 8.63. The first-order chi connectivity index (χ1) is 7.54. The van der Waals surface area contributed by atoms with Crippen molar-refractivity contribution in [3.8, 4) is 6.07 Å². The fourth-order valence-electron chi connectivity index (χ4n) is 1.22. The van der Waals surface area contributed by atoms with Crippen molar-refractivity contribution < 1.29 is 13.2 Å². The van der Waals surface area contributed by atoms with Gasteiger partial charge in [0.25, 0.3) is 0 Å². The predicted molar refractivity (Wildman–Crippen MR) is 60.1 cm³/mol. The Hall–Kier alpha value is -1.32. The highest BCUT2D eigenvalue weighted by molar-refractivity contribution is 7.94. The number of nitriles is 1. The molecule has 1 fully saturated rings. The van der Waals surface area contributed by atoms with E-state index in [1.165, 1.54) is 6.08 Å². The van der Waals surface area contributed by atoms with Crippen LogP contribution in [0.4, 0.5) is 0 Å². The maximum atomic E-state index is 11.1. The van der Waals surface area contributed by atoms with Gasteiger partial charge in [-0.25, -0.2) is 8.42 Å². The fraction of sp³-hybridized carbons (Fsp3) is 0.500. The second kappa shape index (κ2) is 5.68. The molecule has 1 saturated heterocycles. The van der Waals surface area contributed by atoms with Crippen molar-refractivity contribution in [2.45, 2.75) is 0 Å². The number of hydrogen-bond donors (Lipinski definition) is 0. The van der Waals surface area contributed by atoms with E-state index in [2.05, 4.69) is 0 Å². The average molecular weight is 242 g/mol. The zero-order valence-corrected chi connectivity index (χ0v) is 9.90. The molecule has 0 unspecified atom stereocenters. The van der Waals surface area contributed by atoms with E-state index in [4.69, 9.17) is 10.00 Å². The smallest absolute Gasteiger partial charge is 0.185 e. The second-order valence-corrected chi connectivity index (χ2v) is 5.39. The Balaban J connectivity index is 2.63. The van der Waals surface area contributed by atoms with Gasteiger partial charge in [0.2, 0.25) is 0 Å². The molecule has 0 atom stereocenters. The maximum absolute atomic E-state index is 11.1. The van der Waals surface area contributed by atoms with E-state index < -0.39 is 9.84 Å². The van der Waals surface area contributed by atoms with Gasteiger partial charge in [0.1, 0.15) is 11.0 Å². The van der Waals surface area contributed by atoms with Gasteiger partial charge >= 0.3 is 0 Å². The molecule has 0 aliphatic carbocycles. The summed E-state index contributed by atoms with van der Waals surface area (Å²) in [6.45, 7) is 2.91. The first-order valence-corrected chi connectivity index (χ1v) is 6.73. The van der Waals surface area contributed by atoms with Gasteiger partial charge in [0, 0.05) is 19.3 Å². The molecule has 1 heterocycles. The highest BCUT2D eigenvalue weighted by atomic mass is 32.2. The number of rotatable bonds is 3. The van der Waals surface area contributed by atoms with E-state index >= 15 is 0 Å². The number of ether oxygens (including phenoxy) is 1. The van der Waals surface area contributed by atoms with E-state index in [1.807, 2.05) is 4.90 Å². The monoisotopic (exact) mass is 242 g/mol. The number of morpholine rings is 1. The lowest BCUT2D eigenvalue weighted by molar-refractivity contribution is 0.0594. The van der Waals surface area contributed by atoms with Crippen molar-refractivity contribution in [3.05, 3.63) is 23.3 Å². The number of nitrogens with zero attached hydrogens (tertiary/aromatic N) is 2. The molecule has 0 spiro atoms. The first kappa shape index (κ1) is 12.7. The summed E-state index contributed by atoms with van der Waals surface area (Å²) in [6, 6.07) is 1.66. The Kier molecular flexibility index (Phi) is 4.52. The van der Waals surface area contributed by atoms with Gasteiger partial charge in [0.05, 0.1) is 13.2 Å². The largest absolute Gasteiger partial charge is 0.378 e. The van der Waals surface area contributed by atoms with Gasteiger partial charge in [0.15, 0.2) is 9.84 Å². The summed E-state index contributed by atoms with van der Waals surface area (Å²) in [4.78, 5) is 1.79. The number of allylic oxidation sites excluding steroid dienone is 3. The van der Waals surface area contributed by atoms with Gasteiger partial charge in [-0.1, -0.05) is 0 Å². The third-order valence-electron chi connectivity index (χ3n) is 2.10. The first-order valence-electron chi connectivity index (χ1n) is 4.84. The molecule has 0 aromatic carbocycles. The number of sulfone groups is 1. The summed E-state index contributed by atoms with van der Waals surface area (Å²) in [5.41, 5.74) is 0. The highest BCUT2D eigenvalue weighted by Crippen LogP contribution is 2.03. The van der Waals surface area contributed by atoms with Crippen LogP contribution in [0.1, 0.15) is 0 Å². The van der Waals surface area contributed by atoms with E-state index in [9.17, 15) is 8.42 Å². The van der Waals surface area contributed by atoms with E-state index in [0.717, 1.165) is 19.3 Å². The Morgan fingerprint density at radius 1 is 1.44 bits per heavy atom. The molecule has 1 rings (SSSR count). The highest BCUT2D eigenvalue weighted by Gasteiger charge is 2.09. The minimum absolute atomic E-state index is 0.225. The summed E-state index contributed by atoms with van der Waals surface area (Å²) >= 11 is 0. The Bertz CT molecular complexity index is 425. The third-order valence-corrected chi connectivity index (χ3v) is 3.13. The molecule has 0 saturated carbocycles. The van der Waals surface area contributed by atoms with Crippen LogP contribution in [0.25, 0.3) is 0 Å². The zero-order chi connectivity index (χ0) is 12.0. The molecule has 0 amide bonds. The molecule has 0 N–H and O–H groups in total. The van der Waals surface area contributed by atoms with E-state index in [0.29, 0.717) is 13.2 Å². The van der Waals surface area contributed by atoms with Crippen LogP contribution in [0.2, 0.25) is 0 Å². The fourth-order valence-corrected chi connectivity index (χ4v) is 1.71. The van der Waals surface area contributed by atoms with Crippen molar-refractivity contribution in [2.75, 3.05) is 32.6 Å². The molecule has 0 radical (unpaired) electrons. The molecule has 16 heavy (non-hydrogen) atoms. The van der Waals surface area contributed by atoms with Gasteiger partial charge in [-0.2, -0.15) is 5.26 Å². The Morgan fingerprint density at radius 3 is 2.56 bits per heavy atom. The van der Waals surface area contributed by atoms with Crippen molar-refractivity contribution in [2.24, 2.45) is 0 Å². The molecule has 0 aromatic heterocycles. The van der Waals surface area contributed by atoms with E-state index in [-0.39, 0.29) is 4.91 Å². The van der Waals surface area contributed by atoms with Crippen molar-refractivity contribution in [3.63, 3.8) is 0 Å². The second-order valence-electron chi connectivity index (χ2n) is 3.40. The van der Waals surface area contributed by atoms with Gasteiger partial charge in [-0.05, 0) is 18.4 Å². The average Bonchev–Trinajstić information content (AvgIpc) is 2.24. The minimum Gasteiger partial charge on any atom is -0.378 e. The molecule has 0 bridgehead atoms. The molecular weight excluding hydrogens is 228 g/mol. The number of hydrogen-bond acceptors (Lipinski definition) is 5. The molecular formula is C10H14N2O3S. The summed E-state index contributed by atoms with van der Waals surface area (Å²) in [6.07, 6.45) is 5.67. The molecule has 0 aromatic rings. The van der Waals surface area contributed by atoms with Crippen molar-refractivity contribution in [1.29, 1.82) is 5.26 Å². The minimum atomic E-state index is -3.41. The lowest BCUT2D eigenvalue weighted by atomic mass is 10.4.